The van der Waals surface area contributed by atoms with Gasteiger partial charge in [0, 0.05) is 58.4 Å². The second-order valence-electron chi connectivity index (χ2n) is 8.50. The fourth-order valence-corrected chi connectivity index (χ4v) is 4.17. The van der Waals surface area contributed by atoms with E-state index in [4.69, 9.17) is 9.73 Å². The maximum absolute atomic E-state index is 13.5. The summed E-state index contributed by atoms with van der Waals surface area (Å²) in [5.74, 6) is 0.633. The van der Waals surface area contributed by atoms with Gasteiger partial charge in [0.2, 0.25) is 0 Å². The smallest absolute Gasteiger partial charge is 0.191 e. The van der Waals surface area contributed by atoms with Crippen LogP contribution in [0.5, 0.6) is 0 Å². The van der Waals surface area contributed by atoms with Crippen molar-refractivity contribution in [3.05, 3.63) is 35.6 Å². The van der Waals surface area contributed by atoms with E-state index in [0.29, 0.717) is 12.6 Å². The van der Waals surface area contributed by atoms with Crippen molar-refractivity contribution in [2.75, 3.05) is 79.2 Å². The molecule has 2 N–H and O–H groups in total. The molecule has 0 bridgehead atoms. The van der Waals surface area contributed by atoms with E-state index in [1.807, 2.05) is 12.1 Å². The number of guanidine groups is 1. The highest BCUT2D eigenvalue weighted by Crippen LogP contribution is 2.21. The summed E-state index contributed by atoms with van der Waals surface area (Å²) in [5.41, 5.74) is 1.11. The van der Waals surface area contributed by atoms with E-state index in [1.165, 1.54) is 0 Å². The van der Waals surface area contributed by atoms with Crippen molar-refractivity contribution in [1.82, 2.24) is 25.3 Å². The van der Waals surface area contributed by atoms with Gasteiger partial charge in [0.25, 0.3) is 0 Å². The van der Waals surface area contributed by atoms with Crippen LogP contribution in [0.2, 0.25) is 0 Å². The van der Waals surface area contributed by atoms with Gasteiger partial charge in [-0.3, -0.25) is 14.8 Å². The monoisotopic (exact) mass is 562 g/mol. The highest BCUT2D eigenvalue weighted by atomic mass is 127. The van der Waals surface area contributed by atoms with Crippen molar-refractivity contribution in [2.24, 2.45) is 4.99 Å². The SMILES string of the molecule is CCNC(=NCC(C)N1CCN(C)CC1)NCC(c1ccc(F)cc1)N1CCOCC1.I. The molecule has 1 aromatic rings. The molecule has 0 saturated carbocycles. The Morgan fingerprint density at radius 3 is 2.31 bits per heavy atom. The van der Waals surface area contributed by atoms with Crippen LogP contribution in [0.4, 0.5) is 4.39 Å². The van der Waals surface area contributed by atoms with Gasteiger partial charge in [-0.1, -0.05) is 12.1 Å². The largest absolute Gasteiger partial charge is 0.379 e. The number of hydrogen-bond donors (Lipinski definition) is 2. The highest BCUT2D eigenvalue weighted by Gasteiger charge is 2.23. The number of aliphatic imine (C=N–C) groups is 1. The molecule has 9 heteroatoms. The van der Waals surface area contributed by atoms with Crippen molar-refractivity contribution >= 4 is 29.9 Å². The molecule has 3 rings (SSSR count). The van der Waals surface area contributed by atoms with E-state index < -0.39 is 0 Å². The predicted octanol–water partition coefficient (Wildman–Crippen LogP) is 2.01. The zero-order chi connectivity index (χ0) is 22.1. The van der Waals surface area contributed by atoms with Gasteiger partial charge in [-0.15, -0.1) is 24.0 Å². The molecule has 0 spiro atoms. The number of likely N-dealkylation sites (N-methyl/N-ethyl adjacent to an activating group) is 1. The molecule has 32 heavy (non-hydrogen) atoms. The molecular weight excluding hydrogens is 522 g/mol. The van der Waals surface area contributed by atoms with Gasteiger partial charge in [-0.05, 0) is 38.6 Å². The zero-order valence-corrected chi connectivity index (χ0v) is 22.1. The second kappa shape index (κ2) is 14.3. The maximum Gasteiger partial charge on any atom is 0.191 e. The first-order valence-electron chi connectivity index (χ1n) is 11.6. The Hall–Kier alpha value is -1.01. The Kier molecular flexibility index (Phi) is 12.2. The third-order valence-corrected chi connectivity index (χ3v) is 6.22. The third-order valence-electron chi connectivity index (χ3n) is 6.22. The van der Waals surface area contributed by atoms with E-state index in [-0.39, 0.29) is 35.8 Å². The lowest BCUT2D eigenvalue weighted by molar-refractivity contribution is 0.0170. The number of morpholine rings is 1. The first-order chi connectivity index (χ1) is 15.1. The van der Waals surface area contributed by atoms with Gasteiger partial charge in [-0.25, -0.2) is 4.39 Å². The number of benzene rings is 1. The third kappa shape index (κ3) is 8.40. The molecule has 1 aromatic carbocycles. The first-order valence-corrected chi connectivity index (χ1v) is 11.6. The molecule has 0 aromatic heterocycles. The van der Waals surface area contributed by atoms with Crippen LogP contribution in [0, 0.1) is 5.82 Å². The minimum absolute atomic E-state index is 0. The minimum atomic E-state index is -0.203. The van der Waals surface area contributed by atoms with Gasteiger partial charge in [0.05, 0.1) is 25.8 Å². The van der Waals surface area contributed by atoms with Crippen LogP contribution in [0.15, 0.2) is 29.3 Å². The maximum atomic E-state index is 13.5. The van der Waals surface area contributed by atoms with Crippen LogP contribution < -0.4 is 10.6 Å². The van der Waals surface area contributed by atoms with Gasteiger partial charge < -0.3 is 20.3 Å². The Labute approximate surface area is 209 Å². The fourth-order valence-electron chi connectivity index (χ4n) is 4.17. The van der Waals surface area contributed by atoms with Crippen LogP contribution in [0.3, 0.4) is 0 Å². The minimum Gasteiger partial charge on any atom is -0.379 e. The second-order valence-corrected chi connectivity index (χ2v) is 8.50. The van der Waals surface area contributed by atoms with Crippen molar-refractivity contribution in [2.45, 2.75) is 25.9 Å². The van der Waals surface area contributed by atoms with Crippen LogP contribution in [-0.2, 0) is 4.74 Å². The lowest BCUT2D eigenvalue weighted by Crippen LogP contribution is -2.49. The number of piperazine rings is 1. The van der Waals surface area contributed by atoms with Gasteiger partial charge in [0.1, 0.15) is 5.82 Å². The summed E-state index contributed by atoms with van der Waals surface area (Å²) in [4.78, 5) is 12.2. The Balaban J connectivity index is 0.00000363. The van der Waals surface area contributed by atoms with Crippen LogP contribution >= 0.6 is 24.0 Å². The predicted molar refractivity (Wildman–Crippen MR) is 139 cm³/mol. The molecule has 2 saturated heterocycles. The summed E-state index contributed by atoms with van der Waals surface area (Å²) < 4.78 is 19.0. The van der Waals surface area contributed by atoms with Crippen molar-refractivity contribution in [3.63, 3.8) is 0 Å². The topological polar surface area (TPSA) is 55.4 Å². The van der Waals surface area contributed by atoms with Crippen LogP contribution in [0.1, 0.15) is 25.5 Å². The average molecular weight is 563 g/mol. The molecule has 182 valence electrons. The Bertz CT molecular complexity index is 678. The number of ether oxygens (including phenoxy) is 1. The van der Waals surface area contributed by atoms with Crippen molar-refractivity contribution in [1.29, 1.82) is 0 Å². The van der Waals surface area contributed by atoms with Crippen LogP contribution in [0.25, 0.3) is 0 Å². The molecule has 2 fully saturated rings. The molecule has 2 atom stereocenters. The van der Waals surface area contributed by atoms with E-state index in [9.17, 15) is 4.39 Å². The average Bonchev–Trinajstić information content (AvgIpc) is 2.79. The number of nitrogens with one attached hydrogen (secondary N) is 2. The van der Waals surface area contributed by atoms with E-state index in [1.54, 1.807) is 12.1 Å². The number of nitrogens with zero attached hydrogens (tertiary/aromatic N) is 4. The molecule has 2 heterocycles. The summed E-state index contributed by atoms with van der Waals surface area (Å²) in [5, 5.41) is 6.91. The summed E-state index contributed by atoms with van der Waals surface area (Å²) >= 11 is 0. The molecule has 0 radical (unpaired) electrons. The lowest BCUT2D eigenvalue weighted by atomic mass is 10.0. The number of halogens is 2. The quantitative estimate of drug-likeness (QED) is 0.288. The van der Waals surface area contributed by atoms with Crippen molar-refractivity contribution in [3.8, 4) is 0 Å². The normalized spacial score (nSPS) is 20.9. The first kappa shape index (κ1) is 27.2. The molecule has 2 aliphatic rings. The van der Waals surface area contributed by atoms with E-state index >= 15 is 0 Å². The van der Waals surface area contributed by atoms with Gasteiger partial charge in [-0.2, -0.15) is 0 Å². The van der Waals surface area contributed by atoms with Gasteiger partial charge >= 0.3 is 0 Å². The van der Waals surface area contributed by atoms with Crippen LogP contribution in [-0.4, -0.2) is 106 Å². The molecule has 0 amide bonds. The highest BCUT2D eigenvalue weighted by molar-refractivity contribution is 14.0. The summed E-state index contributed by atoms with van der Waals surface area (Å²) in [6, 6.07) is 7.41. The molecule has 2 aliphatic heterocycles. The summed E-state index contributed by atoms with van der Waals surface area (Å²) in [7, 11) is 2.18. The standard InChI is InChI=1S/C23H39FN6O.HI/c1-4-25-23(26-17-19(2)29-11-9-28(3)10-12-29)27-18-22(30-13-15-31-16-14-30)20-5-7-21(24)8-6-20;/h5-8,19,22H,4,9-18H2,1-3H3,(H2,25,26,27);1H. The van der Waals surface area contributed by atoms with Gasteiger partial charge in [0.15, 0.2) is 5.96 Å². The number of rotatable bonds is 8. The Morgan fingerprint density at radius 2 is 1.69 bits per heavy atom. The Morgan fingerprint density at radius 1 is 1.03 bits per heavy atom. The van der Waals surface area contributed by atoms with E-state index in [0.717, 1.165) is 77.1 Å². The molecule has 7 nitrogen and oxygen atoms in total. The zero-order valence-electron chi connectivity index (χ0n) is 19.7. The fraction of sp³-hybridized carbons (Fsp3) is 0.696. The summed E-state index contributed by atoms with van der Waals surface area (Å²) in [6.07, 6.45) is 0. The molecule has 0 aliphatic carbocycles. The molecule has 2 unspecified atom stereocenters. The molecular formula is C23H40FIN6O. The summed E-state index contributed by atoms with van der Waals surface area (Å²) in [6.45, 7) is 14.3. The van der Waals surface area contributed by atoms with E-state index in [2.05, 4.69) is 46.2 Å². The number of hydrogen-bond acceptors (Lipinski definition) is 5. The van der Waals surface area contributed by atoms with Crippen molar-refractivity contribution < 1.29 is 9.13 Å². The lowest BCUT2D eigenvalue weighted by Gasteiger charge is -2.36.